The first-order valence-electron chi connectivity index (χ1n) is 4.96. The highest BCUT2D eigenvalue weighted by atomic mass is 15.3. The molecule has 15 heavy (non-hydrogen) atoms. The maximum absolute atomic E-state index is 6.01. The average Bonchev–Trinajstić information content (AvgIpc) is 2.71. The summed E-state index contributed by atoms with van der Waals surface area (Å²) in [6.45, 7) is 0.703. The van der Waals surface area contributed by atoms with Crippen LogP contribution in [0.3, 0.4) is 0 Å². The SMILES string of the molecule is NC(Cc1ccccc1)Cn1cncn1. The summed E-state index contributed by atoms with van der Waals surface area (Å²) >= 11 is 0. The van der Waals surface area contributed by atoms with E-state index in [1.807, 2.05) is 18.2 Å². The monoisotopic (exact) mass is 202 g/mol. The molecule has 0 saturated carbocycles. The van der Waals surface area contributed by atoms with Crippen LogP contribution in [-0.2, 0) is 13.0 Å². The van der Waals surface area contributed by atoms with E-state index in [2.05, 4.69) is 22.2 Å². The molecule has 0 radical (unpaired) electrons. The first-order chi connectivity index (χ1) is 7.34. The van der Waals surface area contributed by atoms with Crippen molar-refractivity contribution in [1.82, 2.24) is 14.8 Å². The van der Waals surface area contributed by atoms with Crippen LogP contribution in [0.15, 0.2) is 43.0 Å². The second-order valence-electron chi connectivity index (χ2n) is 3.57. The van der Waals surface area contributed by atoms with Gasteiger partial charge in [0, 0.05) is 6.04 Å². The van der Waals surface area contributed by atoms with Gasteiger partial charge < -0.3 is 5.73 Å². The normalized spacial score (nSPS) is 12.6. The lowest BCUT2D eigenvalue weighted by Crippen LogP contribution is -2.28. The smallest absolute Gasteiger partial charge is 0.137 e. The van der Waals surface area contributed by atoms with Crippen LogP contribution in [0.5, 0.6) is 0 Å². The van der Waals surface area contributed by atoms with E-state index in [0.717, 1.165) is 6.42 Å². The Morgan fingerprint density at radius 2 is 2.07 bits per heavy atom. The van der Waals surface area contributed by atoms with Gasteiger partial charge in [0.25, 0.3) is 0 Å². The van der Waals surface area contributed by atoms with Gasteiger partial charge in [0.15, 0.2) is 0 Å². The van der Waals surface area contributed by atoms with Gasteiger partial charge in [-0.05, 0) is 12.0 Å². The summed E-state index contributed by atoms with van der Waals surface area (Å²) in [5.74, 6) is 0. The van der Waals surface area contributed by atoms with Crippen molar-refractivity contribution >= 4 is 0 Å². The molecule has 1 aromatic heterocycles. The Labute approximate surface area is 88.8 Å². The van der Waals surface area contributed by atoms with E-state index in [9.17, 15) is 0 Å². The summed E-state index contributed by atoms with van der Waals surface area (Å²) in [4.78, 5) is 3.88. The van der Waals surface area contributed by atoms with Gasteiger partial charge in [0.2, 0.25) is 0 Å². The van der Waals surface area contributed by atoms with E-state index >= 15 is 0 Å². The number of nitrogens with zero attached hydrogens (tertiary/aromatic N) is 3. The van der Waals surface area contributed by atoms with Gasteiger partial charge in [0.1, 0.15) is 12.7 Å². The summed E-state index contributed by atoms with van der Waals surface area (Å²) in [5.41, 5.74) is 7.26. The lowest BCUT2D eigenvalue weighted by atomic mass is 10.1. The predicted octanol–water partition coefficient (Wildman–Crippen LogP) is 0.848. The minimum atomic E-state index is 0.0779. The van der Waals surface area contributed by atoms with Crippen molar-refractivity contribution in [2.24, 2.45) is 5.73 Å². The lowest BCUT2D eigenvalue weighted by molar-refractivity contribution is 0.507. The summed E-state index contributed by atoms with van der Waals surface area (Å²) in [6, 6.07) is 10.3. The van der Waals surface area contributed by atoms with Gasteiger partial charge in [-0.15, -0.1) is 0 Å². The molecule has 0 bridgehead atoms. The van der Waals surface area contributed by atoms with Crippen molar-refractivity contribution in [3.8, 4) is 0 Å². The van der Waals surface area contributed by atoms with Crippen LogP contribution in [0.25, 0.3) is 0 Å². The van der Waals surface area contributed by atoms with Crippen molar-refractivity contribution in [3.63, 3.8) is 0 Å². The quantitative estimate of drug-likeness (QED) is 0.799. The van der Waals surface area contributed by atoms with Crippen molar-refractivity contribution in [2.45, 2.75) is 19.0 Å². The fourth-order valence-electron chi connectivity index (χ4n) is 1.55. The lowest BCUT2D eigenvalue weighted by Gasteiger charge is -2.10. The van der Waals surface area contributed by atoms with Gasteiger partial charge in [-0.1, -0.05) is 30.3 Å². The Hall–Kier alpha value is -1.68. The molecule has 1 heterocycles. The Morgan fingerprint density at radius 3 is 2.73 bits per heavy atom. The fourth-order valence-corrected chi connectivity index (χ4v) is 1.55. The summed E-state index contributed by atoms with van der Waals surface area (Å²) < 4.78 is 1.76. The van der Waals surface area contributed by atoms with E-state index in [0.29, 0.717) is 6.54 Å². The molecular formula is C11H14N4. The highest BCUT2D eigenvalue weighted by Gasteiger charge is 2.04. The molecular weight excluding hydrogens is 188 g/mol. The standard InChI is InChI=1S/C11H14N4/c12-11(7-15-9-13-8-14-15)6-10-4-2-1-3-5-10/h1-5,8-9,11H,6-7,12H2. The van der Waals surface area contributed by atoms with Crippen LogP contribution < -0.4 is 5.73 Å². The first kappa shape index (κ1) is 9.86. The van der Waals surface area contributed by atoms with Crippen molar-refractivity contribution in [1.29, 1.82) is 0 Å². The molecule has 0 fully saturated rings. The molecule has 1 atom stereocenters. The van der Waals surface area contributed by atoms with E-state index in [1.165, 1.54) is 11.9 Å². The molecule has 2 rings (SSSR count). The van der Waals surface area contributed by atoms with Crippen LogP contribution in [0.2, 0.25) is 0 Å². The second kappa shape index (κ2) is 4.70. The van der Waals surface area contributed by atoms with Gasteiger partial charge in [0.05, 0.1) is 6.54 Å². The molecule has 2 aromatic rings. The third-order valence-corrected chi connectivity index (χ3v) is 2.23. The average molecular weight is 202 g/mol. The number of rotatable bonds is 4. The van der Waals surface area contributed by atoms with E-state index < -0.39 is 0 Å². The zero-order valence-corrected chi connectivity index (χ0v) is 8.45. The third kappa shape index (κ3) is 2.89. The number of hydrogen-bond donors (Lipinski definition) is 1. The van der Waals surface area contributed by atoms with Gasteiger partial charge in [-0.3, -0.25) is 4.68 Å². The first-order valence-corrected chi connectivity index (χ1v) is 4.96. The molecule has 0 amide bonds. The molecule has 0 spiro atoms. The number of hydrogen-bond acceptors (Lipinski definition) is 3. The fraction of sp³-hybridized carbons (Fsp3) is 0.273. The minimum Gasteiger partial charge on any atom is -0.326 e. The van der Waals surface area contributed by atoms with Crippen LogP contribution in [-0.4, -0.2) is 20.8 Å². The molecule has 4 nitrogen and oxygen atoms in total. The van der Waals surface area contributed by atoms with Crippen molar-refractivity contribution in [2.75, 3.05) is 0 Å². The van der Waals surface area contributed by atoms with Gasteiger partial charge >= 0.3 is 0 Å². The van der Waals surface area contributed by atoms with E-state index in [4.69, 9.17) is 5.73 Å². The zero-order valence-electron chi connectivity index (χ0n) is 8.45. The third-order valence-electron chi connectivity index (χ3n) is 2.23. The number of aromatic nitrogens is 3. The Bertz CT molecular complexity index is 382. The molecule has 1 unspecified atom stereocenters. The van der Waals surface area contributed by atoms with Gasteiger partial charge in [-0.2, -0.15) is 5.10 Å². The Morgan fingerprint density at radius 1 is 1.27 bits per heavy atom. The molecule has 0 saturated heterocycles. The summed E-state index contributed by atoms with van der Waals surface area (Å²) in [7, 11) is 0. The molecule has 0 aliphatic heterocycles. The van der Waals surface area contributed by atoms with Crippen LogP contribution in [0.1, 0.15) is 5.56 Å². The van der Waals surface area contributed by atoms with Crippen molar-refractivity contribution < 1.29 is 0 Å². The molecule has 0 aliphatic rings. The van der Waals surface area contributed by atoms with Crippen molar-refractivity contribution in [3.05, 3.63) is 48.5 Å². The molecule has 1 aromatic carbocycles. The summed E-state index contributed by atoms with van der Waals surface area (Å²) in [5, 5.41) is 4.02. The number of benzene rings is 1. The largest absolute Gasteiger partial charge is 0.326 e. The predicted molar refractivity (Wildman–Crippen MR) is 58.1 cm³/mol. The molecule has 2 N–H and O–H groups in total. The highest BCUT2D eigenvalue weighted by Crippen LogP contribution is 2.02. The molecule has 0 aliphatic carbocycles. The van der Waals surface area contributed by atoms with Crippen LogP contribution in [0, 0.1) is 0 Å². The van der Waals surface area contributed by atoms with Crippen LogP contribution in [0.4, 0.5) is 0 Å². The van der Waals surface area contributed by atoms with E-state index in [1.54, 1.807) is 11.0 Å². The molecule has 4 heteroatoms. The Kier molecular flexibility index (Phi) is 3.09. The van der Waals surface area contributed by atoms with Crippen LogP contribution >= 0.6 is 0 Å². The molecule has 78 valence electrons. The maximum Gasteiger partial charge on any atom is 0.137 e. The topological polar surface area (TPSA) is 56.7 Å². The maximum atomic E-state index is 6.01. The zero-order chi connectivity index (χ0) is 10.5. The minimum absolute atomic E-state index is 0.0779. The number of nitrogens with two attached hydrogens (primary N) is 1. The van der Waals surface area contributed by atoms with Gasteiger partial charge in [-0.25, -0.2) is 4.98 Å². The Balaban J connectivity index is 1.90. The summed E-state index contributed by atoms with van der Waals surface area (Å²) in [6.07, 6.45) is 4.07. The van der Waals surface area contributed by atoms with E-state index in [-0.39, 0.29) is 6.04 Å². The second-order valence-corrected chi connectivity index (χ2v) is 3.57. The highest BCUT2D eigenvalue weighted by molar-refractivity contribution is 5.15.